The number of imidazole rings is 1. The van der Waals surface area contributed by atoms with Crippen molar-refractivity contribution >= 4 is 17.2 Å². The minimum absolute atomic E-state index is 0.0603. The van der Waals surface area contributed by atoms with Crippen molar-refractivity contribution in [3.05, 3.63) is 59.1 Å². The van der Waals surface area contributed by atoms with E-state index < -0.39 is 29.9 Å². The van der Waals surface area contributed by atoms with Crippen LogP contribution in [0.15, 0.2) is 42.0 Å². The second-order valence-corrected chi connectivity index (χ2v) is 7.86. The lowest BCUT2D eigenvalue weighted by Gasteiger charge is -2.29. The summed E-state index contributed by atoms with van der Waals surface area (Å²) in [6.07, 6.45) is -3.25. The molecule has 0 aliphatic rings. The molecular formula is C20H21F3N4O2S. The highest BCUT2D eigenvalue weighted by Gasteiger charge is 2.57. The summed E-state index contributed by atoms with van der Waals surface area (Å²) < 4.78 is 41.6. The van der Waals surface area contributed by atoms with Gasteiger partial charge in [-0.2, -0.15) is 13.2 Å². The third-order valence-corrected chi connectivity index (χ3v) is 5.60. The Labute approximate surface area is 175 Å². The Morgan fingerprint density at radius 2 is 1.97 bits per heavy atom. The molecule has 30 heavy (non-hydrogen) atoms. The maximum absolute atomic E-state index is 13.5. The number of amides is 1. The van der Waals surface area contributed by atoms with Crippen LogP contribution < -0.4 is 5.32 Å². The maximum Gasteiger partial charge on any atom is 0.424 e. The number of benzene rings is 1. The monoisotopic (exact) mass is 438 g/mol. The van der Waals surface area contributed by atoms with E-state index in [2.05, 4.69) is 15.3 Å². The molecule has 3 rings (SSSR count). The maximum atomic E-state index is 13.5. The Morgan fingerprint density at radius 1 is 1.27 bits per heavy atom. The molecule has 10 heteroatoms. The normalized spacial score (nSPS) is 13.8. The fourth-order valence-corrected chi connectivity index (χ4v) is 3.80. The molecule has 1 aromatic carbocycles. The molecule has 3 aromatic rings. The molecule has 0 aliphatic carbocycles. The standard InChI is InChI=1S/C20H21F3N4O2S/c1-13-3-5-14(6-4-13)17-26-15(12-30-17)11-16(28)24-8-7-19(29,20(21,22)23)18-25-9-10-27(18)2/h3-6,9-10,12,29H,7-8,11H2,1-2H3,(H,24,28). The van der Waals surface area contributed by atoms with E-state index in [1.54, 1.807) is 5.38 Å². The summed E-state index contributed by atoms with van der Waals surface area (Å²) in [5.74, 6) is -0.994. The fraction of sp³-hybridized carbons (Fsp3) is 0.350. The van der Waals surface area contributed by atoms with E-state index in [1.807, 2.05) is 31.2 Å². The third-order valence-electron chi connectivity index (χ3n) is 4.66. The predicted octanol–water partition coefficient (Wildman–Crippen LogP) is 3.35. The van der Waals surface area contributed by atoms with Crippen molar-refractivity contribution in [2.24, 2.45) is 7.05 Å². The minimum atomic E-state index is -4.94. The molecule has 6 nitrogen and oxygen atoms in total. The number of aliphatic hydroxyl groups is 1. The van der Waals surface area contributed by atoms with E-state index in [1.165, 1.54) is 30.8 Å². The lowest BCUT2D eigenvalue weighted by Crippen LogP contribution is -2.46. The number of aromatic nitrogens is 3. The molecule has 160 valence electrons. The van der Waals surface area contributed by atoms with Crippen LogP contribution in [-0.4, -0.2) is 38.3 Å². The molecule has 0 saturated heterocycles. The SMILES string of the molecule is Cc1ccc(-c2nc(CC(=O)NCCC(O)(c3nccn3C)C(F)(F)F)cs2)cc1. The summed E-state index contributed by atoms with van der Waals surface area (Å²) in [4.78, 5) is 20.2. The smallest absolute Gasteiger partial charge is 0.374 e. The van der Waals surface area contributed by atoms with Crippen molar-refractivity contribution in [1.82, 2.24) is 19.9 Å². The first kappa shape index (κ1) is 22.0. The van der Waals surface area contributed by atoms with Gasteiger partial charge in [0.15, 0.2) is 0 Å². The van der Waals surface area contributed by atoms with Crippen molar-refractivity contribution < 1.29 is 23.1 Å². The number of carbonyl (C=O) groups excluding carboxylic acids is 1. The Kier molecular flexibility index (Phi) is 6.27. The number of alkyl halides is 3. The van der Waals surface area contributed by atoms with Gasteiger partial charge in [-0.15, -0.1) is 11.3 Å². The van der Waals surface area contributed by atoms with Gasteiger partial charge in [-0.25, -0.2) is 9.97 Å². The molecule has 0 aliphatic heterocycles. The fourth-order valence-electron chi connectivity index (χ4n) is 2.97. The van der Waals surface area contributed by atoms with E-state index in [0.29, 0.717) is 5.69 Å². The molecule has 0 saturated carbocycles. The van der Waals surface area contributed by atoms with Gasteiger partial charge in [0.2, 0.25) is 11.5 Å². The number of rotatable bonds is 7. The van der Waals surface area contributed by atoms with Gasteiger partial charge in [0.05, 0.1) is 12.1 Å². The molecule has 0 bridgehead atoms. The summed E-state index contributed by atoms with van der Waals surface area (Å²) in [6, 6.07) is 7.81. The van der Waals surface area contributed by atoms with Crippen LogP contribution >= 0.6 is 11.3 Å². The van der Waals surface area contributed by atoms with Crippen LogP contribution in [0.25, 0.3) is 10.6 Å². The number of nitrogens with zero attached hydrogens (tertiary/aromatic N) is 3. The lowest BCUT2D eigenvalue weighted by atomic mass is 9.97. The number of aryl methyl sites for hydroxylation is 2. The van der Waals surface area contributed by atoms with Gasteiger partial charge in [-0.1, -0.05) is 29.8 Å². The Morgan fingerprint density at radius 3 is 2.57 bits per heavy atom. The zero-order valence-electron chi connectivity index (χ0n) is 16.4. The molecular weight excluding hydrogens is 417 g/mol. The summed E-state index contributed by atoms with van der Waals surface area (Å²) in [5, 5.41) is 15.2. The summed E-state index contributed by atoms with van der Waals surface area (Å²) in [7, 11) is 1.37. The number of carbonyl (C=O) groups is 1. The van der Waals surface area contributed by atoms with Gasteiger partial charge in [0.1, 0.15) is 10.8 Å². The number of hydrogen-bond acceptors (Lipinski definition) is 5. The van der Waals surface area contributed by atoms with Crippen LogP contribution in [0.5, 0.6) is 0 Å². The van der Waals surface area contributed by atoms with Gasteiger partial charge < -0.3 is 15.0 Å². The van der Waals surface area contributed by atoms with E-state index >= 15 is 0 Å². The van der Waals surface area contributed by atoms with Crippen molar-refractivity contribution in [2.75, 3.05) is 6.54 Å². The predicted molar refractivity (Wildman–Crippen MR) is 107 cm³/mol. The number of hydrogen-bond donors (Lipinski definition) is 2. The van der Waals surface area contributed by atoms with Crippen LogP contribution in [0, 0.1) is 6.92 Å². The zero-order valence-corrected chi connectivity index (χ0v) is 17.2. The molecule has 0 spiro atoms. The van der Waals surface area contributed by atoms with E-state index in [0.717, 1.165) is 20.7 Å². The van der Waals surface area contributed by atoms with Crippen LogP contribution in [0.2, 0.25) is 0 Å². The van der Waals surface area contributed by atoms with E-state index in [9.17, 15) is 23.1 Å². The third kappa shape index (κ3) is 4.71. The molecule has 2 aromatic heterocycles. The van der Waals surface area contributed by atoms with Crippen LogP contribution in [0.1, 0.15) is 23.5 Å². The van der Waals surface area contributed by atoms with Crippen LogP contribution in [0.4, 0.5) is 13.2 Å². The quantitative estimate of drug-likeness (QED) is 0.593. The first-order chi connectivity index (χ1) is 14.1. The van der Waals surface area contributed by atoms with Crippen LogP contribution in [0.3, 0.4) is 0 Å². The molecule has 0 radical (unpaired) electrons. The molecule has 2 N–H and O–H groups in total. The topological polar surface area (TPSA) is 80.0 Å². The summed E-state index contributed by atoms with van der Waals surface area (Å²) in [6.45, 7) is 1.62. The van der Waals surface area contributed by atoms with Gasteiger partial charge >= 0.3 is 6.18 Å². The van der Waals surface area contributed by atoms with Crippen LogP contribution in [-0.2, 0) is 23.9 Å². The van der Waals surface area contributed by atoms with E-state index in [-0.39, 0.29) is 13.0 Å². The Hall–Kier alpha value is -2.72. The molecule has 1 amide bonds. The van der Waals surface area contributed by atoms with Crippen molar-refractivity contribution in [2.45, 2.75) is 31.5 Å². The molecule has 1 unspecified atom stereocenters. The van der Waals surface area contributed by atoms with Crippen molar-refractivity contribution in [3.8, 4) is 10.6 Å². The Balaban J connectivity index is 1.59. The second-order valence-electron chi connectivity index (χ2n) is 7.01. The minimum Gasteiger partial charge on any atom is -0.374 e. The largest absolute Gasteiger partial charge is 0.424 e. The highest BCUT2D eigenvalue weighted by Crippen LogP contribution is 2.40. The number of halogens is 3. The average Bonchev–Trinajstić information content (AvgIpc) is 3.30. The number of nitrogens with one attached hydrogen (secondary N) is 1. The first-order valence-corrected chi connectivity index (χ1v) is 10.0. The highest BCUT2D eigenvalue weighted by molar-refractivity contribution is 7.13. The summed E-state index contributed by atoms with van der Waals surface area (Å²) in [5.41, 5.74) is -0.567. The first-order valence-electron chi connectivity index (χ1n) is 9.15. The van der Waals surface area contributed by atoms with Crippen molar-refractivity contribution in [3.63, 3.8) is 0 Å². The van der Waals surface area contributed by atoms with E-state index in [4.69, 9.17) is 0 Å². The Bertz CT molecular complexity index is 1010. The zero-order chi connectivity index (χ0) is 21.9. The van der Waals surface area contributed by atoms with Gasteiger partial charge in [-0.3, -0.25) is 4.79 Å². The van der Waals surface area contributed by atoms with Gasteiger partial charge in [0.25, 0.3) is 0 Å². The lowest BCUT2D eigenvalue weighted by molar-refractivity contribution is -0.272. The highest BCUT2D eigenvalue weighted by atomic mass is 32.1. The van der Waals surface area contributed by atoms with Gasteiger partial charge in [0, 0.05) is 43.4 Å². The van der Waals surface area contributed by atoms with Gasteiger partial charge in [-0.05, 0) is 6.92 Å². The average molecular weight is 438 g/mol. The molecule has 1 atom stereocenters. The van der Waals surface area contributed by atoms with Crippen molar-refractivity contribution in [1.29, 1.82) is 0 Å². The number of thiazole rings is 1. The summed E-state index contributed by atoms with van der Waals surface area (Å²) >= 11 is 1.39. The second kappa shape index (κ2) is 8.57. The molecule has 0 fully saturated rings. The molecule has 2 heterocycles.